The number of nitrogens with one attached hydrogen (secondary N) is 2. The lowest BCUT2D eigenvalue weighted by molar-refractivity contribution is 0.215. The Morgan fingerprint density at radius 1 is 1.32 bits per heavy atom. The van der Waals surface area contributed by atoms with Gasteiger partial charge in [-0.25, -0.2) is 0 Å². The molecule has 7 heteroatoms. The van der Waals surface area contributed by atoms with Crippen LogP contribution in [0.5, 0.6) is 0 Å². The summed E-state index contributed by atoms with van der Waals surface area (Å²) in [6, 6.07) is 3.55. The highest BCUT2D eigenvalue weighted by Gasteiger charge is 2.30. The minimum Gasteiger partial charge on any atom is -0.356 e. The molecule has 0 amide bonds. The first-order valence-corrected chi connectivity index (χ1v) is 9.22. The average Bonchev–Trinajstić information content (AvgIpc) is 3.31. The lowest BCUT2D eigenvalue weighted by Gasteiger charge is -2.26. The van der Waals surface area contributed by atoms with Crippen LogP contribution in [-0.2, 0) is 6.54 Å². The predicted molar refractivity (Wildman–Crippen MR) is 116 cm³/mol. The molecular formula is C18H35IN6. The zero-order valence-electron chi connectivity index (χ0n) is 16.4. The van der Waals surface area contributed by atoms with Crippen LogP contribution < -0.4 is 10.6 Å². The Kier molecular flexibility index (Phi) is 9.78. The van der Waals surface area contributed by atoms with Crippen molar-refractivity contribution < 1.29 is 0 Å². The van der Waals surface area contributed by atoms with Gasteiger partial charge in [-0.15, -0.1) is 24.0 Å². The molecule has 0 unspecified atom stereocenters. The second kappa shape index (κ2) is 11.0. The van der Waals surface area contributed by atoms with Crippen molar-refractivity contribution in [3.05, 3.63) is 17.5 Å². The zero-order valence-corrected chi connectivity index (χ0v) is 18.7. The van der Waals surface area contributed by atoms with E-state index in [1.165, 1.54) is 18.5 Å². The van der Waals surface area contributed by atoms with Gasteiger partial charge in [-0.2, -0.15) is 5.10 Å². The van der Waals surface area contributed by atoms with E-state index in [-0.39, 0.29) is 24.0 Å². The summed E-state index contributed by atoms with van der Waals surface area (Å²) in [5.41, 5.74) is 2.31. The molecule has 144 valence electrons. The highest BCUT2D eigenvalue weighted by molar-refractivity contribution is 14.0. The SMILES string of the molecule is CN=C(NCCCn1nc(C)cc1C)NCCN(C(C)C)C1CC1.I. The molecule has 0 saturated heterocycles. The number of nitrogens with zero attached hydrogens (tertiary/aromatic N) is 4. The Bertz CT molecular complexity index is 534. The second-order valence-corrected chi connectivity index (χ2v) is 6.99. The molecule has 1 aliphatic rings. The fraction of sp³-hybridized carbons (Fsp3) is 0.778. The van der Waals surface area contributed by atoms with Gasteiger partial charge in [0.2, 0.25) is 0 Å². The monoisotopic (exact) mass is 462 g/mol. The smallest absolute Gasteiger partial charge is 0.191 e. The lowest BCUT2D eigenvalue weighted by Crippen LogP contribution is -2.44. The summed E-state index contributed by atoms with van der Waals surface area (Å²) in [5, 5.41) is 11.3. The van der Waals surface area contributed by atoms with Gasteiger partial charge >= 0.3 is 0 Å². The van der Waals surface area contributed by atoms with Crippen LogP contribution in [0, 0.1) is 13.8 Å². The summed E-state index contributed by atoms with van der Waals surface area (Å²) in [7, 11) is 1.83. The third-order valence-corrected chi connectivity index (χ3v) is 4.51. The zero-order chi connectivity index (χ0) is 17.5. The number of halogens is 1. The van der Waals surface area contributed by atoms with E-state index < -0.39 is 0 Å². The number of hydrogen-bond acceptors (Lipinski definition) is 3. The van der Waals surface area contributed by atoms with Gasteiger partial charge in [0.15, 0.2) is 5.96 Å². The van der Waals surface area contributed by atoms with E-state index in [0.29, 0.717) is 6.04 Å². The topological polar surface area (TPSA) is 57.5 Å². The molecule has 1 aromatic rings. The van der Waals surface area contributed by atoms with E-state index in [9.17, 15) is 0 Å². The van der Waals surface area contributed by atoms with Crippen molar-refractivity contribution in [3.8, 4) is 0 Å². The molecular weight excluding hydrogens is 427 g/mol. The number of aryl methyl sites for hydroxylation is 3. The number of rotatable bonds is 9. The average molecular weight is 462 g/mol. The standard InChI is InChI=1S/C18H34N6.HI/c1-14(2)23(17-7-8-17)12-10-21-18(19-5)20-9-6-11-24-16(4)13-15(3)22-24;/h13-14,17H,6-12H2,1-5H3,(H2,19,20,21);1H. The molecule has 0 spiro atoms. The van der Waals surface area contributed by atoms with Crippen LogP contribution >= 0.6 is 24.0 Å². The Balaban J connectivity index is 0.00000312. The van der Waals surface area contributed by atoms with Gasteiger partial charge in [-0.3, -0.25) is 14.6 Å². The summed E-state index contributed by atoms with van der Waals surface area (Å²) in [5.74, 6) is 0.892. The van der Waals surface area contributed by atoms with Crippen molar-refractivity contribution in [2.75, 3.05) is 26.7 Å². The molecule has 0 aromatic carbocycles. The summed E-state index contributed by atoms with van der Waals surface area (Å²) in [6.45, 7) is 12.6. The fourth-order valence-corrected chi connectivity index (χ4v) is 3.13. The van der Waals surface area contributed by atoms with Gasteiger partial charge in [0.25, 0.3) is 0 Å². The third-order valence-electron chi connectivity index (χ3n) is 4.51. The third kappa shape index (κ3) is 7.52. The maximum Gasteiger partial charge on any atom is 0.191 e. The van der Waals surface area contributed by atoms with Crippen molar-refractivity contribution >= 4 is 29.9 Å². The van der Waals surface area contributed by atoms with Crippen molar-refractivity contribution in [2.45, 2.75) is 65.6 Å². The van der Waals surface area contributed by atoms with Gasteiger partial charge < -0.3 is 10.6 Å². The highest BCUT2D eigenvalue weighted by Crippen LogP contribution is 2.27. The van der Waals surface area contributed by atoms with E-state index >= 15 is 0 Å². The first-order valence-electron chi connectivity index (χ1n) is 9.22. The van der Waals surface area contributed by atoms with E-state index in [1.54, 1.807) is 0 Å². The Morgan fingerprint density at radius 3 is 2.52 bits per heavy atom. The summed E-state index contributed by atoms with van der Waals surface area (Å²) >= 11 is 0. The van der Waals surface area contributed by atoms with Crippen LogP contribution in [0.25, 0.3) is 0 Å². The van der Waals surface area contributed by atoms with E-state index in [1.807, 2.05) is 14.0 Å². The predicted octanol–water partition coefficient (Wildman–Crippen LogP) is 2.55. The number of hydrogen-bond donors (Lipinski definition) is 2. The highest BCUT2D eigenvalue weighted by atomic mass is 127. The molecule has 2 N–H and O–H groups in total. The molecule has 1 aromatic heterocycles. The molecule has 1 heterocycles. The molecule has 1 fully saturated rings. The van der Waals surface area contributed by atoms with E-state index in [4.69, 9.17) is 0 Å². The molecule has 25 heavy (non-hydrogen) atoms. The molecule has 1 saturated carbocycles. The maximum atomic E-state index is 4.49. The van der Waals surface area contributed by atoms with Crippen LogP contribution in [0.15, 0.2) is 11.1 Å². The molecule has 0 bridgehead atoms. The van der Waals surface area contributed by atoms with Gasteiger partial charge in [-0.1, -0.05) is 0 Å². The maximum absolute atomic E-state index is 4.49. The van der Waals surface area contributed by atoms with Gasteiger partial charge in [-0.05, 0) is 53.0 Å². The second-order valence-electron chi connectivity index (χ2n) is 6.99. The van der Waals surface area contributed by atoms with E-state index in [0.717, 1.165) is 50.3 Å². The van der Waals surface area contributed by atoms with Crippen LogP contribution in [0.1, 0.15) is 44.5 Å². The van der Waals surface area contributed by atoms with Crippen LogP contribution in [-0.4, -0.2) is 59.4 Å². The summed E-state index contributed by atoms with van der Waals surface area (Å²) in [4.78, 5) is 6.90. The van der Waals surface area contributed by atoms with Crippen LogP contribution in [0.4, 0.5) is 0 Å². The van der Waals surface area contributed by atoms with Gasteiger partial charge in [0.1, 0.15) is 0 Å². The van der Waals surface area contributed by atoms with Gasteiger partial charge in [0, 0.05) is 51.0 Å². The lowest BCUT2D eigenvalue weighted by atomic mass is 10.3. The molecule has 6 nitrogen and oxygen atoms in total. The van der Waals surface area contributed by atoms with Crippen LogP contribution in [0.3, 0.4) is 0 Å². The van der Waals surface area contributed by atoms with Gasteiger partial charge in [0.05, 0.1) is 5.69 Å². The minimum atomic E-state index is 0. The largest absolute Gasteiger partial charge is 0.356 e. The van der Waals surface area contributed by atoms with Crippen molar-refractivity contribution in [1.29, 1.82) is 0 Å². The Morgan fingerprint density at radius 2 is 2.00 bits per heavy atom. The number of aliphatic imine (C=N–C) groups is 1. The molecule has 2 rings (SSSR count). The fourth-order valence-electron chi connectivity index (χ4n) is 3.13. The van der Waals surface area contributed by atoms with E-state index in [2.05, 4.69) is 57.1 Å². The van der Waals surface area contributed by atoms with Crippen molar-refractivity contribution in [1.82, 2.24) is 25.3 Å². The number of guanidine groups is 1. The summed E-state index contributed by atoms with van der Waals surface area (Å²) < 4.78 is 2.07. The Hall–Kier alpha value is -0.830. The Labute approximate surface area is 169 Å². The summed E-state index contributed by atoms with van der Waals surface area (Å²) in [6.07, 6.45) is 3.75. The van der Waals surface area contributed by atoms with Crippen molar-refractivity contribution in [2.24, 2.45) is 4.99 Å². The molecule has 1 aliphatic carbocycles. The normalized spacial score (nSPS) is 14.8. The molecule has 0 radical (unpaired) electrons. The quantitative estimate of drug-likeness (QED) is 0.256. The first kappa shape index (κ1) is 22.2. The van der Waals surface area contributed by atoms with Crippen molar-refractivity contribution in [3.63, 3.8) is 0 Å². The number of aromatic nitrogens is 2. The molecule has 0 atom stereocenters. The molecule has 0 aliphatic heterocycles. The first-order chi connectivity index (χ1) is 11.5. The van der Waals surface area contributed by atoms with Crippen LogP contribution in [0.2, 0.25) is 0 Å². The minimum absolute atomic E-state index is 0.